The molecule has 0 spiro atoms. The van der Waals surface area contributed by atoms with E-state index in [0.717, 1.165) is 110 Å². The zero-order valence-electron chi connectivity index (χ0n) is 39.9. The van der Waals surface area contributed by atoms with Gasteiger partial charge < -0.3 is 30.6 Å². The van der Waals surface area contributed by atoms with Crippen molar-refractivity contribution in [2.24, 2.45) is 0 Å². The molecule has 6 N–H and O–H groups in total. The molecule has 0 radical (unpaired) electrons. The molecule has 2 aromatic carbocycles. The van der Waals surface area contributed by atoms with Crippen molar-refractivity contribution in [2.45, 2.75) is 146 Å². The van der Waals surface area contributed by atoms with Crippen LogP contribution in [0.2, 0.25) is 0 Å². The molecule has 3 aliphatic heterocycles. The first-order valence-corrected chi connectivity index (χ1v) is 25.8. The number of aliphatic hydroxyl groups is 6. The highest BCUT2D eigenvalue weighted by atomic mass is 16.3. The highest BCUT2D eigenvalue weighted by Gasteiger charge is 2.38. The molecule has 3 fully saturated rings. The molecular weight excluding hydrogens is 829 g/mol. The fraction of sp³-hybridized carbons (Fsp3) is 0.667. The summed E-state index contributed by atoms with van der Waals surface area (Å²) in [4.78, 5) is 14.9. The van der Waals surface area contributed by atoms with E-state index < -0.39 is 0 Å². The van der Waals surface area contributed by atoms with Crippen LogP contribution in [0.5, 0.6) is 0 Å². The van der Waals surface area contributed by atoms with Crippen molar-refractivity contribution in [1.29, 1.82) is 0 Å². The SMILES string of the molecule is OCCN1CC2=CC=CC(C=C2)N(CCO)[C@@H]2CCCC[C@H]2N(CCO)Cc2ccc(cc2)CN(CCO)[C@@H]2CCCC[C@H]2N(CCO)Cc2ccc(cc2)CN(CCO)[C@@H]2CCCC[C@H]21. The molecular formula is C54H84N6O6. The molecule has 7 atom stereocenters. The first kappa shape index (κ1) is 51.0. The summed E-state index contributed by atoms with van der Waals surface area (Å²) < 4.78 is 0. The topological polar surface area (TPSA) is 141 Å². The maximum Gasteiger partial charge on any atom is 0.0558 e. The Hall–Kier alpha value is -2.82. The first-order valence-electron chi connectivity index (χ1n) is 25.8. The van der Waals surface area contributed by atoms with Crippen LogP contribution in [0, 0.1) is 0 Å². The number of allylic oxidation sites excluding steroid dienone is 2. The molecule has 3 saturated carbocycles. The molecule has 12 nitrogen and oxygen atoms in total. The third-order valence-corrected chi connectivity index (χ3v) is 15.6. The average molecular weight is 913 g/mol. The molecule has 3 heterocycles. The van der Waals surface area contributed by atoms with Crippen LogP contribution >= 0.6 is 0 Å². The molecule has 0 saturated heterocycles. The van der Waals surface area contributed by atoms with E-state index in [4.69, 9.17) is 0 Å². The van der Waals surface area contributed by atoms with Gasteiger partial charge in [-0.3, -0.25) is 29.4 Å². The van der Waals surface area contributed by atoms with Gasteiger partial charge in [0.05, 0.1) is 39.6 Å². The number of fused-ring (bicyclic) bond motifs is 2. The van der Waals surface area contributed by atoms with Gasteiger partial charge in [-0.1, -0.05) is 117 Å². The highest BCUT2D eigenvalue weighted by molar-refractivity contribution is 5.32. The largest absolute Gasteiger partial charge is 0.395 e. The maximum atomic E-state index is 10.5. The summed E-state index contributed by atoms with van der Waals surface area (Å²) in [5.41, 5.74) is 6.07. The zero-order chi connectivity index (χ0) is 46.1. The van der Waals surface area contributed by atoms with Gasteiger partial charge in [0.1, 0.15) is 0 Å². The molecule has 12 heteroatoms. The van der Waals surface area contributed by atoms with Crippen LogP contribution in [-0.2, 0) is 26.2 Å². The Balaban J connectivity index is 1.23. The maximum absolute atomic E-state index is 10.5. The number of hydrogen-bond donors (Lipinski definition) is 6. The van der Waals surface area contributed by atoms with E-state index in [-0.39, 0.29) is 81.9 Å². The van der Waals surface area contributed by atoms with E-state index in [0.29, 0.717) is 39.3 Å². The van der Waals surface area contributed by atoms with Crippen LogP contribution in [0.4, 0.5) is 0 Å². The number of hydrogen-bond acceptors (Lipinski definition) is 12. The molecule has 6 bridgehead atoms. The number of aliphatic hydroxyl groups excluding tert-OH is 6. The van der Waals surface area contributed by atoms with Crippen LogP contribution in [0.15, 0.2) is 84.5 Å². The predicted molar refractivity (Wildman–Crippen MR) is 264 cm³/mol. The molecule has 4 aliphatic carbocycles. The van der Waals surface area contributed by atoms with Gasteiger partial charge in [-0.25, -0.2) is 0 Å². The minimum Gasteiger partial charge on any atom is -0.395 e. The van der Waals surface area contributed by atoms with E-state index >= 15 is 0 Å². The van der Waals surface area contributed by atoms with E-state index in [1.165, 1.54) is 27.8 Å². The van der Waals surface area contributed by atoms with E-state index in [1.807, 2.05) is 0 Å². The van der Waals surface area contributed by atoms with Crippen molar-refractivity contribution in [3.63, 3.8) is 0 Å². The van der Waals surface area contributed by atoms with Gasteiger partial charge in [0.2, 0.25) is 0 Å². The molecule has 0 aromatic heterocycles. The first-order chi connectivity index (χ1) is 32.5. The quantitative estimate of drug-likeness (QED) is 0.179. The lowest BCUT2D eigenvalue weighted by Crippen LogP contribution is -2.56. The van der Waals surface area contributed by atoms with Crippen molar-refractivity contribution < 1.29 is 30.6 Å². The monoisotopic (exact) mass is 913 g/mol. The summed E-state index contributed by atoms with van der Waals surface area (Å²) in [6, 6.07) is 19.4. The van der Waals surface area contributed by atoms with Crippen molar-refractivity contribution in [1.82, 2.24) is 29.4 Å². The fourth-order valence-corrected chi connectivity index (χ4v) is 12.5. The fourth-order valence-electron chi connectivity index (χ4n) is 12.5. The van der Waals surface area contributed by atoms with E-state index in [2.05, 4.69) is 108 Å². The lowest BCUT2D eigenvalue weighted by molar-refractivity contribution is 0.0212. The Morgan fingerprint density at radius 2 is 0.667 bits per heavy atom. The van der Waals surface area contributed by atoms with Gasteiger partial charge in [0, 0.05) is 114 Å². The number of rotatable bonds is 12. The second-order valence-corrected chi connectivity index (χ2v) is 19.8. The van der Waals surface area contributed by atoms with Gasteiger partial charge in [-0.05, 0) is 66.4 Å². The third-order valence-electron chi connectivity index (χ3n) is 15.6. The van der Waals surface area contributed by atoms with Gasteiger partial charge in [-0.15, -0.1) is 0 Å². The van der Waals surface area contributed by atoms with Crippen LogP contribution in [0.25, 0.3) is 0 Å². The third kappa shape index (κ3) is 13.7. The molecule has 0 amide bonds. The van der Waals surface area contributed by atoms with Crippen molar-refractivity contribution in [3.8, 4) is 0 Å². The Morgan fingerprint density at radius 1 is 0.364 bits per heavy atom. The summed E-state index contributed by atoms with van der Waals surface area (Å²) in [7, 11) is 0. The summed E-state index contributed by atoms with van der Waals surface area (Å²) in [5.74, 6) is 0. The second kappa shape index (κ2) is 26.8. The Kier molecular flexibility index (Phi) is 20.7. The van der Waals surface area contributed by atoms with Crippen molar-refractivity contribution >= 4 is 0 Å². The van der Waals surface area contributed by atoms with Gasteiger partial charge >= 0.3 is 0 Å². The van der Waals surface area contributed by atoms with Crippen molar-refractivity contribution in [2.75, 3.05) is 85.5 Å². The molecule has 7 aliphatic rings. The summed E-state index contributed by atoms with van der Waals surface area (Å²) in [6.07, 6.45) is 24.4. The van der Waals surface area contributed by atoms with Gasteiger partial charge in [-0.2, -0.15) is 0 Å². The van der Waals surface area contributed by atoms with Crippen LogP contribution in [-0.4, -0.2) is 188 Å². The molecule has 1 unspecified atom stereocenters. The Morgan fingerprint density at radius 3 is 1.00 bits per heavy atom. The summed E-state index contributed by atoms with van der Waals surface area (Å²) in [6.45, 7) is 7.67. The minimum absolute atomic E-state index is 0.00398. The second-order valence-electron chi connectivity index (χ2n) is 19.8. The Labute approximate surface area is 396 Å². The van der Waals surface area contributed by atoms with Crippen LogP contribution < -0.4 is 0 Å². The van der Waals surface area contributed by atoms with Gasteiger partial charge in [0.15, 0.2) is 0 Å². The standard InChI is InChI=1S/C54H84N6O6/c61-32-26-55-38-43-8-7-9-48(25-24-43)60(31-37-66)54-15-6-5-14-53(54)59(30-36-65)42-47-22-20-46(21-23-47)41-58(29-35-64)52-13-4-3-12-51(52)57(28-34-63)40-45-18-16-44(17-19-45)39-56(27-33-62)50-11-2-1-10-49(50)55/h7-9,16-25,48-54,61-66H,1-6,10-15,26-42H2/t48?,49-,50-,51-,52-,53-,54-/m1/s1. The summed E-state index contributed by atoms with van der Waals surface area (Å²) in [5, 5.41) is 62.8. The van der Waals surface area contributed by atoms with Crippen molar-refractivity contribution in [3.05, 3.63) is 107 Å². The highest BCUT2D eigenvalue weighted by Crippen LogP contribution is 2.34. The van der Waals surface area contributed by atoms with Crippen LogP contribution in [0.1, 0.15) is 99.3 Å². The molecule has 9 rings (SSSR count). The molecule has 66 heavy (non-hydrogen) atoms. The van der Waals surface area contributed by atoms with E-state index in [9.17, 15) is 30.6 Å². The molecule has 366 valence electrons. The zero-order valence-corrected chi connectivity index (χ0v) is 39.9. The Bertz CT molecular complexity index is 1790. The molecule has 2 aromatic rings. The van der Waals surface area contributed by atoms with E-state index in [1.54, 1.807) is 0 Å². The van der Waals surface area contributed by atoms with Crippen LogP contribution in [0.3, 0.4) is 0 Å². The lowest BCUT2D eigenvalue weighted by Gasteiger charge is -2.47. The number of benzene rings is 2. The minimum atomic E-state index is 0.00398. The predicted octanol–water partition coefficient (Wildman–Crippen LogP) is 4.52. The smallest absolute Gasteiger partial charge is 0.0558 e. The normalized spacial score (nSPS) is 28.8. The lowest BCUT2D eigenvalue weighted by atomic mass is 9.86. The summed E-state index contributed by atoms with van der Waals surface area (Å²) >= 11 is 0. The average Bonchev–Trinajstić information content (AvgIpc) is 3.59. The number of nitrogens with zero attached hydrogens (tertiary/aromatic N) is 6. The van der Waals surface area contributed by atoms with Gasteiger partial charge in [0.25, 0.3) is 0 Å².